The van der Waals surface area contributed by atoms with Gasteiger partial charge in [-0.25, -0.2) is 0 Å². The van der Waals surface area contributed by atoms with Crippen LogP contribution in [-0.2, 0) is 10.8 Å². The number of benzene rings is 7. The van der Waals surface area contributed by atoms with E-state index in [9.17, 15) is 0 Å². The van der Waals surface area contributed by atoms with Crippen molar-refractivity contribution in [3.8, 4) is 22.3 Å². The number of aryl methyl sites for hydroxylation is 2. The molecule has 0 heteroatoms. The van der Waals surface area contributed by atoms with E-state index in [4.69, 9.17) is 0 Å². The summed E-state index contributed by atoms with van der Waals surface area (Å²) >= 11 is 0. The van der Waals surface area contributed by atoms with E-state index in [0.29, 0.717) is 0 Å². The molecule has 0 saturated carbocycles. The lowest BCUT2D eigenvalue weighted by Crippen LogP contribution is -2.12. The molecule has 7 rings (SSSR count). The van der Waals surface area contributed by atoms with E-state index in [0.717, 1.165) is 0 Å². The van der Waals surface area contributed by atoms with Crippen LogP contribution in [-0.4, -0.2) is 0 Å². The minimum Gasteiger partial charge on any atom is -0.0587 e. The van der Waals surface area contributed by atoms with E-state index < -0.39 is 0 Å². The van der Waals surface area contributed by atoms with Crippen LogP contribution >= 0.6 is 0 Å². The van der Waals surface area contributed by atoms with E-state index in [2.05, 4.69) is 152 Å². The number of hydrogen-bond donors (Lipinski definition) is 0. The lowest BCUT2D eigenvalue weighted by molar-refractivity contribution is 0.595. The quantitative estimate of drug-likeness (QED) is 0.150. The molecule has 7 aromatic rings. The highest BCUT2D eigenvalue weighted by molar-refractivity contribution is 6.34. The average Bonchev–Trinajstić information content (AvgIpc) is 2.94. The summed E-state index contributed by atoms with van der Waals surface area (Å²) in [7, 11) is 0. The molecule has 0 radical (unpaired) electrons. The zero-order valence-electron chi connectivity index (χ0n) is 26.2. The first-order valence-corrected chi connectivity index (χ1v) is 15.3. The van der Waals surface area contributed by atoms with Crippen LogP contribution in [0.15, 0.2) is 97.1 Å². The Morgan fingerprint density at radius 1 is 0.333 bits per heavy atom. The maximum Gasteiger partial charge on any atom is -0.00230 e. The van der Waals surface area contributed by atoms with E-state index in [1.807, 2.05) is 0 Å². The molecule has 0 unspecified atom stereocenters. The van der Waals surface area contributed by atoms with Gasteiger partial charge in [0.25, 0.3) is 0 Å². The van der Waals surface area contributed by atoms with E-state index >= 15 is 0 Å². The van der Waals surface area contributed by atoms with Crippen molar-refractivity contribution in [3.63, 3.8) is 0 Å². The minimum absolute atomic E-state index is 0.0249. The molecule has 0 heterocycles. The van der Waals surface area contributed by atoms with Crippen LogP contribution in [0.25, 0.3) is 65.3 Å². The van der Waals surface area contributed by atoms with Crippen molar-refractivity contribution in [2.75, 3.05) is 0 Å². The van der Waals surface area contributed by atoms with Crippen molar-refractivity contribution in [1.82, 2.24) is 0 Å². The zero-order chi connectivity index (χ0) is 29.6. The molecular formula is C42H40. The molecule has 0 aliphatic rings. The number of rotatable bonds is 2. The third-order valence-electron chi connectivity index (χ3n) is 9.20. The Hall–Kier alpha value is -4.16. The lowest BCUT2D eigenvalue weighted by Gasteiger charge is -2.27. The third kappa shape index (κ3) is 4.19. The van der Waals surface area contributed by atoms with Gasteiger partial charge in [-0.2, -0.15) is 0 Å². The van der Waals surface area contributed by atoms with E-state index in [1.165, 1.54) is 87.6 Å². The van der Waals surface area contributed by atoms with E-state index in [1.54, 1.807) is 0 Å². The van der Waals surface area contributed by atoms with Gasteiger partial charge in [0.2, 0.25) is 0 Å². The van der Waals surface area contributed by atoms with Crippen LogP contribution in [0.3, 0.4) is 0 Å². The molecule has 0 atom stereocenters. The van der Waals surface area contributed by atoms with Crippen LogP contribution < -0.4 is 0 Å². The number of fused-ring (bicyclic) bond motifs is 2. The standard InChI is InChI=1S/C42H40/c1-25-9-13-27(14-10-25)29-21-33-34-22-30(28-15-11-26(2)12-16-28)24-36-38(42(6,7)8)20-18-32(40(34)36)31-17-19-37(41(3,4)5)35(23-29)39(31)33/h9-24H,1-8H3. The molecule has 42 heavy (non-hydrogen) atoms. The molecule has 0 aliphatic heterocycles. The zero-order valence-corrected chi connectivity index (χ0v) is 26.2. The molecule has 7 aromatic carbocycles. The van der Waals surface area contributed by atoms with Crippen molar-refractivity contribution in [2.45, 2.75) is 66.2 Å². The molecule has 0 saturated heterocycles. The molecule has 0 bridgehead atoms. The fourth-order valence-corrected chi connectivity index (χ4v) is 6.98. The van der Waals surface area contributed by atoms with Crippen LogP contribution in [0.1, 0.15) is 63.8 Å². The third-order valence-corrected chi connectivity index (χ3v) is 9.20. The molecule has 0 spiro atoms. The summed E-state index contributed by atoms with van der Waals surface area (Å²) < 4.78 is 0. The van der Waals surface area contributed by atoms with Gasteiger partial charge in [-0.15, -0.1) is 0 Å². The lowest BCUT2D eigenvalue weighted by atomic mass is 9.77. The summed E-state index contributed by atoms with van der Waals surface area (Å²) in [5, 5.41) is 10.9. The minimum atomic E-state index is 0.0249. The van der Waals surface area contributed by atoms with Gasteiger partial charge in [0.1, 0.15) is 0 Å². The second-order valence-corrected chi connectivity index (χ2v) is 14.4. The largest absolute Gasteiger partial charge is 0.0587 e. The van der Waals surface area contributed by atoms with Gasteiger partial charge in [-0.05, 0) is 125 Å². The first-order chi connectivity index (χ1) is 19.9. The van der Waals surface area contributed by atoms with Gasteiger partial charge in [-0.1, -0.05) is 125 Å². The summed E-state index contributed by atoms with van der Waals surface area (Å²) in [6.45, 7) is 18.4. The van der Waals surface area contributed by atoms with Crippen LogP contribution in [0.4, 0.5) is 0 Å². The van der Waals surface area contributed by atoms with Crippen molar-refractivity contribution < 1.29 is 0 Å². The van der Waals surface area contributed by atoms with Gasteiger partial charge in [-0.3, -0.25) is 0 Å². The normalized spacial score (nSPS) is 12.8. The van der Waals surface area contributed by atoms with Gasteiger partial charge >= 0.3 is 0 Å². The van der Waals surface area contributed by atoms with E-state index in [-0.39, 0.29) is 10.8 Å². The molecule has 0 aliphatic carbocycles. The molecule has 0 nitrogen and oxygen atoms in total. The van der Waals surface area contributed by atoms with Crippen LogP contribution in [0, 0.1) is 13.8 Å². The Balaban J connectivity index is 1.73. The first-order valence-electron chi connectivity index (χ1n) is 15.3. The summed E-state index contributed by atoms with van der Waals surface area (Å²) in [5.41, 5.74) is 10.5. The Bertz CT molecular complexity index is 1970. The molecule has 0 fully saturated rings. The Morgan fingerprint density at radius 2 is 0.667 bits per heavy atom. The Morgan fingerprint density at radius 3 is 1.00 bits per heavy atom. The highest BCUT2D eigenvalue weighted by Gasteiger charge is 2.25. The smallest absolute Gasteiger partial charge is 0.00230 e. The van der Waals surface area contributed by atoms with Gasteiger partial charge in [0.15, 0.2) is 0 Å². The average molecular weight is 545 g/mol. The predicted molar refractivity (Wildman–Crippen MR) is 185 cm³/mol. The second kappa shape index (κ2) is 9.17. The summed E-state index contributed by atoms with van der Waals surface area (Å²) in [4.78, 5) is 0. The van der Waals surface area contributed by atoms with Crippen molar-refractivity contribution >= 4 is 43.1 Å². The van der Waals surface area contributed by atoms with Gasteiger partial charge in [0.05, 0.1) is 0 Å². The predicted octanol–water partition coefficient (Wildman–Crippen LogP) is 12.3. The Labute approximate surface area is 250 Å². The fourth-order valence-electron chi connectivity index (χ4n) is 6.98. The molecule has 0 amide bonds. The molecule has 0 aromatic heterocycles. The van der Waals surface area contributed by atoms with Gasteiger partial charge < -0.3 is 0 Å². The first kappa shape index (κ1) is 26.7. The van der Waals surface area contributed by atoms with Crippen LogP contribution in [0.5, 0.6) is 0 Å². The van der Waals surface area contributed by atoms with Gasteiger partial charge in [0, 0.05) is 0 Å². The second-order valence-electron chi connectivity index (χ2n) is 14.4. The van der Waals surface area contributed by atoms with Crippen LogP contribution in [0.2, 0.25) is 0 Å². The Kier molecular flexibility index (Phi) is 5.83. The van der Waals surface area contributed by atoms with Crippen molar-refractivity contribution in [2.24, 2.45) is 0 Å². The maximum absolute atomic E-state index is 2.46. The SMILES string of the molecule is Cc1ccc(-c2cc3c(C(C)(C)C)ccc4c5ccc(C(C)(C)C)c6cc(-c7ccc(C)cc7)cc(c(c2)c34)c65)cc1. The molecule has 0 N–H and O–H groups in total. The number of hydrogen-bond acceptors (Lipinski definition) is 0. The highest BCUT2D eigenvalue weighted by Crippen LogP contribution is 2.47. The molecular weight excluding hydrogens is 504 g/mol. The van der Waals surface area contributed by atoms with Crippen molar-refractivity contribution in [1.29, 1.82) is 0 Å². The summed E-state index contributed by atoms with van der Waals surface area (Å²) in [6.07, 6.45) is 0. The topological polar surface area (TPSA) is 0 Å². The molecule has 208 valence electrons. The summed E-state index contributed by atoms with van der Waals surface area (Å²) in [6, 6.07) is 37.4. The monoisotopic (exact) mass is 544 g/mol. The fraction of sp³-hybridized carbons (Fsp3) is 0.238. The maximum atomic E-state index is 2.46. The highest BCUT2D eigenvalue weighted by atomic mass is 14.3. The van der Waals surface area contributed by atoms with Crippen molar-refractivity contribution in [3.05, 3.63) is 119 Å². The summed E-state index contributed by atoms with van der Waals surface area (Å²) in [5.74, 6) is 0.